The first kappa shape index (κ1) is 17.5. The smallest absolute Gasteiger partial charge is 0.274 e. The number of hydrogen-bond donors (Lipinski definition) is 2. The molecule has 0 saturated heterocycles. The van der Waals surface area contributed by atoms with Crippen LogP contribution < -0.4 is 10.9 Å². The molecule has 0 fully saturated rings. The highest BCUT2D eigenvalue weighted by atomic mass is 16.1. The molecule has 0 spiro atoms. The number of carbonyl (C=O) groups is 1. The summed E-state index contributed by atoms with van der Waals surface area (Å²) in [6, 6.07) is 7.37. The lowest BCUT2D eigenvalue weighted by Crippen LogP contribution is -2.32. The Morgan fingerprint density at radius 3 is 3.00 bits per heavy atom. The van der Waals surface area contributed by atoms with Gasteiger partial charge in [0.2, 0.25) is 5.91 Å². The Bertz CT molecular complexity index is 1020. The summed E-state index contributed by atoms with van der Waals surface area (Å²) in [6.45, 7) is 0.732. The highest BCUT2D eigenvalue weighted by molar-refractivity contribution is 5.80. The monoisotopic (exact) mass is 365 g/mol. The number of nitrogens with zero attached hydrogens (tertiary/aromatic N) is 3. The average molecular weight is 365 g/mol. The number of nitrogens with one attached hydrogen (secondary N) is 2. The maximum absolute atomic E-state index is 12.4. The van der Waals surface area contributed by atoms with Crippen LogP contribution in [0.1, 0.15) is 36.2 Å². The predicted molar refractivity (Wildman–Crippen MR) is 103 cm³/mol. The Kier molecular flexibility index (Phi) is 5.00. The second-order valence-electron chi connectivity index (χ2n) is 6.94. The zero-order chi connectivity index (χ0) is 18.6. The minimum Gasteiger partial charge on any atom is -0.354 e. The van der Waals surface area contributed by atoms with Gasteiger partial charge in [-0.25, -0.2) is 4.68 Å². The van der Waals surface area contributed by atoms with Crippen LogP contribution in [0.2, 0.25) is 0 Å². The van der Waals surface area contributed by atoms with E-state index in [9.17, 15) is 9.59 Å². The van der Waals surface area contributed by atoms with Crippen molar-refractivity contribution in [2.45, 2.75) is 45.1 Å². The Morgan fingerprint density at radius 2 is 2.07 bits per heavy atom. The van der Waals surface area contributed by atoms with Crippen LogP contribution in [0.4, 0.5) is 0 Å². The highest BCUT2D eigenvalue weighted by Crippen LogP contribution is 2.22. The van der Waals surface area contributed by atoms with E-state index in [2.05, 4.69) is 20.6 Å². The molecule has 0 atom stereocenters. The molecule has 1 aromatic carbocycles. The SMILES string of the molecule is O=C(CCc1n[nH]c2c1CCCC2)NCCn1ncc2ccccc2c1=O. The van der Waals surface area contributed by atoms with Gasteiger partial charge in [0.25, 0.3) is 5.56 Å². The van der Waals surface area contributed by atoms with Crippen LogP contribution in [0.15, 0.2) is 35.3 Å². The van der Waals surface area contributed by atoms with Gasteiger partial charge in [0.05, 0.1) is 23.8 Å². The first-order valence-electron chi connectivity index (χ1n) is 9.49. The number of hydrogen-bond acceptors (Lipinski definition) is 4. The molecule has 0 aliphatic heterocycles. The number of aryl methyl sites for hydroxylation is 2. The molecule has 0 unspecified atom stereocenters. The Labute approximate surface area is 156 Å². The zero-order valence-electron chi connectivity index (χ0n) is 15.2. The first-order valence-corrected chi connectivity index (χ1v) is 9.49. The second kappa shape index (κ2) is 7.73. The van der Waals surface area contributed by atoms with E-state index in [4.69, 9.17) is 0 Å². The number of amides is 1. The minimum absolute atomic E-state index is 0.0311. The molecule has 1 aliphatic carbocycles. The summed E-state index contributed by atoms with van der Waals surface area (Å²) in [4.78, 5) is 24.5. The molecular formula is C20H23N5O2. The van der Waals surface area contributed by atoms with E-state index in [0.717, 1.165) is 23.9 Å². The molecule has 7 nitrogen and oxygen atoms in total. The van der Waals surface area contributed by atoms with E-state index in [1.54, 1.807) is 12.3 Å². The quantitative estimate of drug-likeness (QED) is 0.696. The summed E-state index contributed by atoms with van der Waals surface area (Å²) in [5.74, 6) is -0.0311. The third kappa shape index (κ3) is 3.77. The van der Waals surface area contributed by atoms with Crippen LogP contribution in [0, 0.1) is 0 Å². The van der Waals surface area contributed by atoms with Crippen LogP contribution in [0.5, 0.6) is 0 Å². The molecule has 1 amide bonds. The van der Waals surface area contributed by atoms with E-state index < -0.39 is 0 Å². The summed E-state index contributed by atoms with van der Waals surface area (Å²) >= 11 is 0. The fourth-order valence-corrected chi connectivity index (χ4v) is 3.66. The summed E-state index contributed by atoms with van der Waals surface area (Å²) in [5, 5.41) is 16.0. The van der Waals surface area contributed by atoms with Gasteiger partial charge in [-0.05, 0) is 37.3 Å². The highest BCUT2D eigenvalue weighted by Gasteiger charge is 2.17. The van der Waals surface area contributed by atoms with Gasteiger partial charge in [-0.3, -0.25) is 14.7 Å². The number of benzene rings is 1. The van der Waals surface area contributed by atoms with Crippen LogP contribution in [-0.2, 0) is 30.6 Å². The van der Waals surface area contributed by atoms with Crippen molar-refractivity contribution in [3.05, 3.63) is 57.8 Å². The lowest BCUT2D eigenvalue weighted by molar-refractivity contribution is -0.121. The minimum atomic E-state index is -0.134. The number of fused-ring (bicyclic) bond motifs is 2. The molecule has 0 bridgehead atoms. The van der Waals surface area contributed by atoms with Gasteiger partial charge in [-0.15, -0.1) is 0 Å². The molecule has 4 rings (SSSR count). The van der Waals surface area contributed by atoms with E-state index in [-0.39, 0.29) is 11.5 Å². The molecule has 3 aromatic rings. The van der Waals surface area contributed by atoms with E-state index in [1.807, 2.05) is 18.2 Å². The molecule has 2 heterocycles. The van der Waals surface area contributed by atoms with Crippen molar-refractivity contribution in [3.8, 4) is 0 Å². The third-order valence-corrected chi connectivity index (χ3v) is 5.14. The standard InChI is InChI=1S/C20H23N5O2/c26-19(10-9-18-16-7-3-4-8-17(16)23-24-18)21-11-12-25-20(27)15-6-2-1-5-14(15)13-22-25/h1-2,5-6,13H,3-4,7-12H2,(H,21,26)(H,23,24). The molecule has 140 valence electrons. The fraction of sp³-hybridized carbons (Fsp3) is 0.400. The van der Waals surface area contributed by atoms with Crippen LogP contribution in [0.25, 0.3) is 10.8 Å². The Morgan fingerprint density at radius 1 is 1.22 bits per heavy atom. The number of aromatic nitrogens is 4. The number of aromatic amines is 1. The van der Waals surface area contributed by atoms with E-state index in [0.29, 0.717) is 31.3 Å². The van der Waals surface area contributed by atoms with Gasteiger partial charge in [0.15, 0.2) is 0 Å². The Balaban J connectivity index is 1.29. The number of carbonyl (C=O) groups excluding carboxylic acids is 1. The summed E-state index contributed by atoms with van der Waals surface area (Å²) < 4.78 is 1.40. The van der Waals surface area contributed by atoms with Gasteiger partial charge in [-0.1, -0.05) is 18.2 Å². The Hall–Kier alpha value is -2.96. The topological polar surface area (TPSA) is 92.7 Å². The molecule has 0 radical (unpaired) electrons. The zero-order valence-corrected chi connectivity index (χ0v) is 15.2. The summed E-state index contributed by atoms with van der Waals surface area (Å²) in [5.41, 5.74) is 3.43. The fourth-order valence-electron chi connectivity index (χ4n) is 3.66. The number of rotatable bonds is 6. The molecule has 1 aliphatic rings. The van der Waals surface area contributed by atoms with Crippen LogP contribution in [0.3, 0.4) is 0 Å². The molecular weight excluding hydrogens is 342 g/mol. The average Bonchev–Trinajstić information content (AvgIpc) is 3.11. The summed E-state index contributed by atoms with van der Waals surface area (Å²) in [7, 11) is 0. The largest absolute Gasteiger partial charge is 0.354 e. The molecule has 27 heavy (non-hydrogen) atoms. The van der Waals surface area contributed by atoms with Crippen molar-refractivity contribution in [2.24, 2.45) is 0 Å². The van der Waals surface area contributed by atoms with Crippen molar-refractivity contribution < 1.29 is 4.79 Å². The van der Waals surface area contributed by atoms with Gasteiger partial charge in [0, 0.05) is 30.5 Å². The van der Waals surface area contributed by atoms with Crippen molar-refractivity contribution in [1.82, 2.24) is 25.3 Å². The first-order chi connectivity index (χ1) is 13.2. The van der Waals surface area contributed by atoms with Crippen LogP contribution >= 0.6 is 0 Å². The number of H-pyrrole nitrogens is 1. The van der Waals surface area contributed by atoms with Crippen molar-refractivity contribution in [2.75, 3.05) is 6.54 Å². The van der Waals surface area contributed by atoms with Gasteiger partial charge in [-0.2, -0.15) is 10.2 Å². The van der Waals surface area contributed by atoms with Crippen LogP contribution in [-0.4, -0.2) is 32.4 Å². The summed E-state index contributed by atoms with van der Waals surface area (Å²) in [6.07, 6.45) is 7.24. The maximum Gasteiger partial charge on any atom is 0.274 e. The lowest BCUT2D eigenvalue weighted by Gasteiger charge is -2.11. The van der Waals surface area contributed by atoms with Crippen molar-refractivity contribution in [3.63, 3.8) is 0 Å². The molecule has 2 aromatic heterocycles. The molecule has 0 saturated carbocycles. The third-order valence-electron chi connectivity index (χ3n) is 5.14. The lowest BCUT2D eigenvalue weighted by atomic mass is 9.95. The van der Waals surface area contributed by atoms with Gasteiger partial charge in [0.1, 0.15) is 0 Å². The van der Waals surface area contributed by atoms with Crippen molar-refractivity contribution in [1.29, 1.82) is 0 Å². The maximum atomic E-state index is 12.4. The normalized spacial score (nSPS) is 13.5. The predicted octanol–water partition coefficient (Wildman–Crippen LogP) is 1.75. The second-order valence-corrected chi connectivity index (χ2v) is 6.94. The van der Waals surface area contributed by atoms with Gasteiger partial charge < -0.3 is 5.32 Å². The molecule has 7 heteroatoms. The van der Waals surface area contributed by atoms with Gasteiger partial charge >= 0.3 is 0 Å². The van der Waals surface area contributed by atoms with E-state index >= 15 is 0 Å². The molecule has 2 N–H and O–H groups in total. The van der Waals surface area contributed by atoms with Crippen molar-refractivity contribution >= 4 is 16.7 Å². The van der Waals surface area contributed by atoms with E-state index in [1.165, 1.54) is 28.8 Å².